The predicted molar refractivity (Wildman–Crippen MR) is 139 cm³/mol. The molecular weight excluding hydrogens is 432 g/mol. The first kappa shape index (κ1) is 24.2. The number of amides is 1. The summed E-state index contributed by atoms with van der Waals surface area (Å²) in [5.74, 6) is -0.0668. The maximum atomic E-state index is 12.4. The minimum atomic E-state index is -0.0668. The lowest BCUT2D eigenvalue weighted by Crippen LogP contribution is -2.30. The number of allylic oxidation sites excluding steroid dienone is 1. The van der Waals surface area contributed by atoms with Crippen LogP contribution in [-0.2, 0) is 17.9 Å². The summed E-state index contributed by atoms with van der Waals surface area (Å²) in [6.07, 6.45) is 7.36. The molecule has 0 saturated heterocycles. The number of thiazole rings is 1. The van der Waals surface area contributed by atoms with E-state index in [0.29, 0.717) is 24.2 Å². The van der Waals surface area contributed by atoms with Crippen molar-refractivity contribution in [1.82, 2.24) is 9.47 Å². The van der Waals surface area contributed by atoms with Gasteiger partial charge in [0.1, 0.15) is 0 Å². The van der Waals surface area contributed by atoms with Gasteiger partial charge < -0.3 is 10.6 Å². The number of anilines is 2. The van der Waals surface area contributed by atoms with Gasteiger partial charge in [0.25, 0.3) is 5.56 Å². The fourth-order valence-electron chi connectivity index (χ4n) is 3.43. The third-order valence-electron chi connectivity index (χ3n) is 4.95. The van der Waals surface area contributed by atoms with Crippen molar-refractivity contribution in [2.75, 3.05) is 24.2 Å². The second-order valence-corrected chi connectivity index (χ2v) is 8.66. The van der Waals surface area contributed by atoms with Crippen molar-refractivity contribution in [2.24, 2.45) is 0 Å². The van der Waals surface area contributed by atoms with Crippen LogP contribution in [0.1, 0.15) is 19.4 Å². The summed E-state index contributed by atoms with van der Waals surface area (Å²) in [5.41, 5.74) is 2.77. The Morgan fingerprint density at radius 3 is 2.58 bits per heavy atom. The van der Waals surface area contributed by atoms with Crippen molar-refractivity contribution in [2.45, 2.75) is 26.9 Å². The highest BCUT2D eigenvalue weighted by Gasteiger charge is 2.08. The van der Waals surface area contributed by atoms with E-state index in [-0.39, 0.29) is 11.5 Å². The number of carbonyl (C=O) groups excluding carboxylic acids is 1. The number of hydrogen-bond donors (Lipinski definition) is 2. The van der Waals surface area contributed by atoms with Crippen LogP contribution in [0.15, 0.2) is 71.7 Å². The Kier molecular flexibility index (Phi) is 8.80. The lowest BCUT2D eigenvalue weighted by Gasteiger charge is -2.16. The molecule has 0 fully saturated rings. The molecule has 0 atom stereocenters. The van der Waals surface area contributed by atoms with Crippen molar-refractivity contribution in [1.29, 1.82) is 0 Å². The van der Waals surface area contributed by atoms with Crippen LogP contribution in [0.25, 0.3) is 12.2 Å². The second-order valence-electron chi connectivity index (χ2n) is 7.60. The third-order valence-corrected chi connectivity index (χ3v) is 6.14. The highest BCUT2D eigenvalue weighted by Crippen LogP contribution is 2.15. The van der Waals surface area contributed by atoms with E-state index in [1.807, 2.05) is 98.6 Å². The first-order chi connectivity index (χ1) is 16.0. The molecule has 0 saturated carbocycles. The van der Waals surface area contributed by atoms with Crippen LogP contribution in [0.5, 0.6) is 0 Å². The first-order valence-corrected chi connectivity index (χ1v) is 11.7. The molecule has 1 heterocycles. The van der Waals surface area contributed by atoms with Crippen molar-refractivity contribution < 1.29 is 4.79 Å². The zero-order valence-corrected chi connectivity index (χ0v) is 20.1. The molecule has 0 radical (unpaired) electrons. The summed E-state index contributed by atoms with van der Waals surface area (Å²) >= 11 is 1.48. The molecule has 1 amide bonds. The molecule has 0 unspecified atom stereocenters. The van der Waals surface area contributed by atoms with Crippen molar-refractivity contribution in [3.8, 4) is 0 Å². The van der Waals surface area contributed by atoms with Gasteiger partial charge in [-0.1, -0.05) is 42.5 Å². The predicted octanol–water partition coefficient (Wildman–Crippen LogP) is 3.21. The van der Waals surface area contributed by atoms with Crippen LogP contribution in [-0.4, -0.2) is 29.0 Å². The highest BCUT2D eigenvalue weighted by atomic mass is 32.1. The van der Waals surface area contributed by atoms with Gasteiger partial charge in [0, 0.05) is 30.7 Å². The van der Waals surface area contributed by atoms with E-state index < -0.39 is 0 Å². The number of aromatic nitrogens is 1. The number of benzene rings is 2. The highest BCUT2D eigenvalue weighted by molar-refractivity contribution is 7.07. The van der Waals surface area contributed by atoms with Crippen LogP contribution >= 0.6 is 11.3 Å². The van der Waals surface area contributed by atoms with Crippen LogP contribution in [0, 0.1) is 0 Å². The molecule has 0 aliphatic rings. The molecular formula is C26H30N4O2S. The lowest BCUT2D eigenvalue weighted by atomic mass is 10.2. The molecule has 0 bridgehead atoms. The number of carbonyl (C=O) groups is 1. The largest absolute Gasteiger partial charge is 0.362 e. The number of nitrogens with zero attached hydrogens (tertiary/aromatic N) is 2. The summed E-state index contributed by atoms with van der Waals surface area (Å²) < 4.78 is 3.43. The van der Waals surface area contributed by atoms with Gasteiger partial charge in [-0.25, -0.2) is 0 Å². The van der Waals surface area contributed by atoms with Crippen LogP contribution in [0.3, 0.4) is 0 Å². The van der Waals surface area contributed by atoms with Gasteiger partial charge in [-0.15, -0.1) is 11.3 Å². The van der Waals surface area contributed by atoms with Crippen molar-refractivity contribution >= 4 is 40.8 Å². The van der Waals surface area contributed by atoms with Gasteiger partial charge >= 0.3 is 0 Å². The Morgan fingerprint density at radius 2 is 1.88 bits per heavy atom. The summed E-state index contributed by atoms with van der Waals surface area (Å²) in [6.45, 7) is 5.57. The summed E-state index contributed by atoms with van der Waals surface area (Å²) in [7, 11) is 1.93. The average molecular weight is 463 g/mol. The fraction of sp³-hybridized carbons (Fsp3) is 0.231. The number of likely N-dealkylation sites (N-methyl/N-ethyl adjacent to an activating group) is 1. The summed E-state index contributed by atoms with van der Waals surface area (Å²) in [5, 5.41) is 6.13. The monoisotopic (exact) mass is 462 g/mol. The molecule has 6 nitrogen and oxygen atoms in total. The van der Waals surface area contributed by atoms with Gasteiger partial charge in [-0.2, -0.15) is 0 Å². The standard InChI is InChI=1S/C26H30N4O2S/c1-4-25-30(5-2)26(32)23(33-25)15-10-16-27-21-13-9-14-22(17-21)28-24(31)19-29(3)18-20-11-7-6-8-12-20/h4,6-17,27H,5,18-19H2,1-3H3,(H,28,31)/b16-10?,23-15+,25-4?. The molecule has 0 spiro atoms. The van der Waals surface area contributed by atoms with Crippen LogP contribution in [0.4, 0.5) is 11.4 Å². The Balaban J connectivity index is 1.57. The van der Waals surface area contributed by atoms with E-state index >= 15 is 0 Å². The normalized spacial score (nSPS) is 12.6. The molecule has 2 aromatic carbocycles. The topological polar surface area (TPSA) is 66.4 Å². The van der Waals surface area contributed by atoms with E-state index in [2.05, 4.69) is 10.6 Å². The summed E-state index contributed by atoms with van der Waals surface area (Å²) in [4.78, 5) is 26.8. The lowest BCUT2D eigenvalue weighted by molar-refractivity contribution is -0.117. The number of rotatable bonds is 9. The van der Waals surface area contributed by atoms with Gasteiger partial charge in [0.2, 0.25) is 5.91 Å². The Hall–Kier alpha value is -3.42. The summed E-state index contributed by atoms with van der Waals surface area (Å²) in [6, 6.07) is 17.6. The maximum Gasteiger partial charge on any atom is 0.269 e. The van der Waals surface area contributed by atoms with Crippen LogP contribution < -0.4 is 25.4 Å². The second kappa shape index (κ2) is 12.0. The fourth-order valence-corrected chi connectivity index (χ4v) is 4.44. The minimum Gasteiger partial charge on any atom is -0.362 e. The molecule has 1 aromatic heterocycles. The van der Waals surface area contributed by atoms with E-state index in [0.717, 1.165) is 16.0 Å². The van der Waals surface area contributed by atoms with Crippen molar-refractivity contribution in [3.05, 3.63) is 92.0 Å². The van der Waals surface area contributed by atoms with Gasteiger partial charge in [0.05, 0.1) is 15.7 Å². The molecule has 3 aromatic rings. The minimum absolute atomic E-state index is 0.0298. The van der Waals surface area contributed by atoms with E-state index in [9.17, 15) is 9.59 Å². The van der Waals surface area contributed by atoms with E-state index in [1.165, 1.54) is 16.9 Å². The first-order valence-electron chi connectivity index (χ1n) is 10.9. The molecule has 0 aliphatic carbocycles. The van der Waals surface area contributed by atoms with E-state index in [1.54, 1.807) is 10.8 Å². The zero-order valence-electron chi connectivity index (χ0n) is 19.2. The van der Waals surface area contributed by atoms with Crippen LogP contribution in [0.2, 0.25) is 0 Å². The van der Waals surface area contributed by atoms with Crippen molar-refractivity contribution in [3.63, 3.8) is 0 Å². The molecule has 3 rings (SSSR count). The van der Waals surface area contributed by atoms with Gasteiger partial charge in [-0.05, 0) is 56.8 Å². The average Bonchev–Trinajstić information content (AvgIpc) is 3.12. The quantitative estimate of drug-likeness (QED) is 0.513. The molecule has 2 N–H and O–H groups in total. The zero-order chi connectivity index (χ0) is 23.6. The van der Waals surface area contributed by atoms with Gasteiger partial charge in [0.15, 0.2) is 0 Å². The number of nitrogens with one attached hydrogen (secondary N) is 2. The molecule has 33 heavy (non-hydrogen) atoms. The SMILES string of the molecule is CC=c1s/c(=C/C=CNc2cccc(NC(=O)CN(C)Cc3ccccc3)c2)c(=O)n1CC. The molecule has 0 aliphatic heterocycles. The Bertz CT molecular complexity index is 1280. The Labute approximate surface area is 198 Å². The molecule has 7 heteroatoms. The molecule has 172 valence electrons. The number of hydrogen-bond acceptors (Lipinski definition) is 5. The van der Waals surface area contributed by atoms with Gasteiger partial charge in [-0.3, -0.25) is 19.1 Å². The maximum absolute atomic E-state index is 12.4. The Morgan fingerprint density at radius 1 is 1.12 bits per heavy atom. The third kappa shape index (κ3) is 7.03. The smallest absolute Gasteiger partial charge is 0.269 e. The van der Waals surface area contributed by atoms with E-state index in [4.69, 9.17) is 0 Å².